The van der Waals surface area contributed by atoms with Crippen LogP contribution in [0.3, 0.4) is 0 Å². The van der Waals surface area contributed by atoms with E-state index in [1.165, 1.54) is 0 Å². The van der Waals surface area contributed by atoms with Gasteiger partial charge in [0, 0.05) is 22.3 Å². The summed E-state index contributed by atoms with van der Waals surface area (Å²) >= 11 is 6.27. The number of fused-ring (bicyclic) bond motifs is 1. The highest BCUT2D eigenvalue weighted by atomic mass is 35.5. The molecule has 0 aliphatic carbocycles. The molecule has 4 aromatic rings. The Labute approximate surface area is 147 Å². The van der Waals surface area contributed by atoms with Crippen LogP contribution < -0.4 is 10.9 Å². The highest BCUT2D eigenvalue weighted by Crippen LogP contribution is 2.30. The number of rotatable bonds is 4. The van der Waals surface area contributed by atoms with Gasteiger partial charge in [0.1, 0.15) is 5.76 Å². The highest BCUT2D eigenvalue weighted by molar-refractivity contribution is 6.33. The standard InChI is InChI=1S/C18H13ClN4O2/c19-14-6-2-1-5-12(14)13-7-8-20-16-15(13)17(24)23-18(22-16)21-10-11-4-3-9-25-11/h1-9H,10H2,(H2,20,21,22,23,24). The summed E-state index contributed by atoms with van der Waals surface area (Å²) in [4.78, 5) is 24.0. The zero-order chi connectivity index (χ0) is 17.2. The maximum absolute atomic E-state index is 12.6. The summed E-state index contributed by atoms with van der Waals surface area (Å²) in [7, 11) is 0. The van der Waals surface area contributed by atoms with Crippen molar-refractivity contribution in [3.05, 3.63) is 76.1 Å². The van der Waals surface area contributed by atoms with Crippen molar-refractivity contribution in [2.75, 3.05) is 5.32 Å². The Morgan fingerprint density at radius 2 is 2.00 bits per heavy atom. The molecule has 0 amide bonds. The van der Waals surface area contributed by atoms with Gasteiger partial charge in [-0.1, -0.05) is 29.8 Å². The molecular formula is C18H13ClN4O2. The third-order valence-corrected chi connectivity index (χ3v) is 4.11. The zero-order valence-corrected chi connectivity index (χ0v) is 13.7. The first-order valence-electron chi connectivity index (χ1n) is 7.62. The fraction of sp³-hybridized carbons (Fsp3) is 0.0556. The maximum Gasteiger partial charge on any atom is 0.262 e. The Kier molecular flexibility index (Phi) is 3.95. The van der Waals surface area contributed by atoms with Crippen LogP contribution in [0, 0.1) is 0 Å². The predicted molar refractivity (Wildman–Crippen MR) is 96.6 cm³/mol. The second kappa shape index (κ2) is 6.41. The van der Waals surface area contributed by atoms with E-state index in [1.807, 2.05) is 24.3 Å². The smallest absolute Gasteiger partial charge is 0.262 e. The van der Waals surface area contributed by atoms with Crippen LogP contribution >= 0.6 is 11.6 Å². The van der Waals surface area contributed by atoms with Crippen LogP contribution in [-0.2, 0) is 6.54 Å². The molecule has 0 bridgehead atoms. The number of nitrogens with zero attached hydrogens (tertiary/aromatic N) is 2. The molecular weight excluding hydrogens is 340 g/mol. The molecule has 0 spiro atoms. The van der Waals surface area contributed by atoms with Crippen molar-refractivity contribution in [3.8, 4) is 11.1 Å². The molecule has 6 nitrogen and oxygen atoms in total. The van der Waals surface area contributed by atoms with E-state index in [0.29, 0.717) is 34.1 Å². The molecule has 25 heavy (non-hydrogen) atoms. The number of H-pyrrole nitrogens is 1. The van der Waals surface area contributed by atoms with E-state index in [4.69, 9.17) is 16.0 Å². The van der Waals surface area contributed by atoms with Crippen LogP contribution in [0.2, 0.25) is 5.02 Å². The molecule has 2 N–H and O–H groups in total. The third-order valence-electron chi connectivity index (χ3n) is 3.78. The van der Waals surface area contributed by atoms with Crippen molar-refractivity contribution in [2.24, 2.45) is 0 Å². The lowest BCUT2D eigenvalue weighted by Crippen LogP contribution is -2.14. The molecule has 0 atom stereocenters. The normalized spacial score (nSPS) is 10.9. The molecule has 0 aliphatic heterocycles. The fourth-order valence-corrected chi connectivity index (χ4v) is 2.87. The van der Waals surface area contributed by atoms with Crippen molar-refractivity contribution in [1.29, 1.82) is 0 Å². The molecule has 0 saturated carbocycles. The van der Waals surface area contributed by atoms with Gasteiger partial charge in [0.25, 0.3) is 5.56 Å². The van der Waals surface area contributed by atoms with E-state index in [9.17, 15) is 4.79 Å². The van der Waals surface area contributed by atoms with E-state index < -0.39 is 0 Å². The van der Waals surface area contributed by atoms with Crippen molar-refractivity contribution >= 4 is 28.6 Å². The van der Waals surface area contributed by atoms with Gasteiger partial charge in [-0.15, -0.1) is 0 Å². The monoisotopic (exact) mass is 352 g/mol. The molecule has 3 heterocycles. The number of anilines is 1. The van der Waals surface area contributed by atoms with E-state index in [-0.39, 0.29) is 5.56 Å². The molecule has 0 fully saturated rings. The first-order valence-corrected chi connectivity index (χ1v) is 8.00. The molecule has 0 saturated heterocycles. The number of benzene rings is 1. The Morgan fingerprint density at radius 1 is 1.12 bits per heavy atom. The second-order valence-corrected chi connectivity index (χ2v) is 5.79. The summed E-state index contributed by atoms with van der Waals surface area (Å²) in [5.74, 6) is 1.07. The Balaban J connectivity index is 1.78. The van der Waals surface area contributed by atoms with Gasteiger partial charge < -0.3 is 9.73 Å². The van der Waals surface area contributed by atoms with Gasteiger partial charge in [-0.2, -0.15) is 4.98 Å². The largest absolute Gasteiger partial charge is 0.467 e. The van der Waals surface area contributed by atoms with Crippen molar-refractivity contribution in [2.45, 2.75) is 6.54 Å². The third kappa shape index (κ3) is 2.99. The predicted octanol–water partition coefficient (Wildman–Crippen LogP) is 3.84. The minimum atomic E-state index is -0.282. The maximum atomic E-state index is 12.6. The topological polar surface area (TPSA) is 83.8 Å². The van der Waals surface area contributed by atoms with E-state index in [2.05, 4.69) is 20.3 Å². The fourth-order valence-electron chi connectivity index (χ4n) is 2.64. The van der Waals surface area contributed by atoms with Crippen LogP contribution in [0.4, 0.5) is 5.95 Å². The van der Waals surface area contributed by atoms with Crippen LogP contribution in [-0.4, -0.2) is 15.0 Å². The number of furan rings is 1. The van der Waals surface area contributed by atoms with Crippen LogP contribution in [0.15, 0.2) is 64.1 Å². The molecule has 0 unspecified atom stereocenters. The van der Waals surface area contributed by atoms with Gasteiger partial charge >= 0.3 is 0 Å². The Bertz CT molecular complexity index is 1090. The SMILES string of the molecule is O=c1[nH]c(NCc2ccco2)nc2nccc(-c3ccccc3Cl)c12. The van der Waals surface area contributed by atoms with Gasteiger partial charge in [0.15, 0.2) is 5.65 Å². The summed E-state index contributed by atoms with van der Waals surface area (Å²) in [6.07, 6.45) is 3.20. The first kappa shape index (κ1) is 15.4. The number of halogens is 1. The van der Waals surface area contributed by atoms with Gasteiger partial charge in [-0.3, -0.25) is 9.78 Å². The van der Waals surface area contributed by atoms with Crippen molar-refractivity contribution < 1.29 is 4.42 Å². The number of nitrogens with one attached hydrogen (secondary N) is 2. The molecule has 124 valence electrons. The number of pyridine rings is 1. The molecule has 7 heteroatoms. The number of aromatic nitrogens is 3. The Hall–Kier alpha value is -3.12. The zero-order valence-electron chi connectivity index (χ0n) is 13.0. The second-order valence-electron chi connectivity index (χ2n) is 5.38. The summed E-state index contributed by atoms with van der Waals surface area (Å²) in [5, 5.41) is 3.99. The summed E-state index contributed by atoms with van der Waals surface area (Å²) in [6, 6.07) is 12.7. The van der Waals surface area contributed by atoms with E-state index in [1.54, 1.807) is 30.7 Å². The summed E-state index contributed by atoms with van der Waals surface area (Å²) in [5.41, 5.74) is 1.53. The minimum Gasteiger partial charge on any atom is -0.467 e. The van der Waals surface area contributed by atoms with Crippen LogP contribution in [0.5, 0.6) is 0 Å². The number of hydrogen-bond donors (Lipinski definition) is 2. The minimum absolute atomic E-state index is 0.282. The van der Waals surface area contributed by atoms with Gasteiger partial charge in [-0.05, 0) is 24.3 Å². The van der Waals surface area contributed by atoms with Crippen molar-refractivity contribution in [1.82, 2.24) is 15.0 Å². The van der Waals surface area contributed by atoms with E-state index in [0.717, 1.165) is 11.3 Å². The van der Waals surface area contributed by atoms with Gasteiger partial charge in [0.2, 0.25) is 5.95 Å². The lowest BCUT2D eigenvalue weighted by Gasteiger charge is -2.09. The molecule has 1 aromatic carbocycles. The number of hydrogen-bond acceptors (Lipinski definition) is 5. The van der Waals surface area contributed by atoms with Crippen molar-refractivity contribution in [3.63, 3.8) is 0 Å². The number of aromatic amines is 1. The highest BCUT2D eigenvalue weighted by Gasteiger charge is 2.13. The lowest BCUT2D eigenvalue weighted by molar-refractivity contribution is 0.517. The quantitative estimate of drug-likeness (QED) is 0.583. The summed E-state index contributed by atoms with van der Waals surface area (Å²) in [6.45, 7) is 0.408. The molecule has 0 aliphatic rings. The average Bonchev–Trinajstić information content (AvgIpc) is 3.13. The Morgan fingerprint density at radius 3 is 2.80 bits per heavy atom. The van der Waals surface area contributed by atoms with Crippen LogP contribution in [0.1, 0.15) is 5.76 Å². The lowest BCUT2D eigenvalue weighted by atomic mass is 10.0. The summed E-state index contributed by atoms with van der Waals surface area (Å²) < 4.78 is 5.25. The van der Waals surface area contributed by atoms with E-state index >= 15 is 0 Å². The molecule has 3 aromatic heterocycles. The van der Waals surface area contributed by atoms with Gasteiger partial charge in [0.05, 0.1) is 18.2 Å². The molecule has 4 rings (SSSR count). The average molecular weight is 353 g/mol. The molecule has 0 radical (unpaired) electrons. The van der Waals surface area contributed by atoms with Crippen LogP contribution in [0.25, 0.3) is 22.2 Å². The first-order chi connectivity index (χ1) is 12.2. The van der Waals surface area contributed by atoms with Gasteiger partial charge in [-0.25, -0.2) is 4.98 Å².